The van der Waals surface area contributed by atoms with Crippen molar-refractivity contribution in [1.82, 2.24) is 4.98 Å². The van der Waals surface area contributed by atoms with E-state index in [1.54, 1.807) is 0 Å². The lowest BCUT2D eigenvalue weighted by Gasteiger charge is -2.22. The molecule has 1 atom stereocenters. The highest BCUT2D eigenvalue weighted by Gasteiger charge is 2.10. The van der Waals surface area contributed by atoms with Crippen molar-refractivity contribution in [2.75, 3.05) is 11.9 Å². The number of hydrogen-bond acceptors (Lipinski definition) is 3. The van der Waals surface area contributed by atoms with Gasteiger partial charge in [-0.3, -0.25) is 0 Å². The van der Waals surface area contributed by atoms with Gasteiger partial charge in [0.15, 0.2) is 0 Å². The zero-order valence-corrected chi connectivity index (χ0v) is 12.5. The van der Waals surface area contributed by atoms with Crippen molar-refractivity contribution < 1.29 is 0 Å². The highest BCUT2D eigenvalue weighted by Crippen LogP contribution is 2.19. The fourth-order valence-corrected chi connectivity index (χ4v) is 2.44. The summed E-state index contributed by atoms with van der Waals surface area (Å²) in [4.78, 5) is 6.71. The molecule has 2 N–H and O–H groups in total. The highest BCUT2D eigenvalue weighted by atomic mass is 15.2. The maximum atomic E-state index is 5.92. The molecule has 106 valence electrons. The summed E-state index contributed by atoms with van der Waals surface area (Å²) in [5.41, 5.74) is 9.71. The van der Waals surface area contributed by atoms with E-state index in [0.717, 1.165) is 18.8 Å². The first-order valence-electron chi connectivity index (χ1n) is 7.02. The van der Waals surface area contributed by atoms with Crippen molar-refractivity contribution in [3.05, 3.63) is 59.3 Å². The molecule has 0 amide bonds. The van der Waals surface area contributed by atoms with Gasteiger partial charge in [0.25, 0.3) is 0 Å². The van der Waals surface area contributed by atoms with Crippen LogP contribution in [0.3, 0.4) is 0 Å². The van der Waals surface area contributed by atoms with Gasteiger partial charge in [-0.2, -0.15) is 0 Å². The normalized spacial score (nSPS) is 12.2. The molecular formula is C17H23N3. The SMILES string of the molecule is Cc1cccc(CN(C)c2ncccc2CC(C)N)c1. The van der Waals surface area contributed by atoms with Crippen LogP contribution in [0.5, 0.6) is 0 Å². The lowest BCUT2D eigenvalue weighted by Crippen LogP contribution is -2.23. The Bertz CT molecular complexity index is 564. The number of nitrogens with two attached hydrogens (primary N) is 1. The predicted molar refractivity (Wildman–Crippen MR) is 84.9 cm³/mol. The Balaban J connectivity index is 2.18. The third kappa shape index (κ3) is 3.81. The summed E-state index contributed by atoms with van der Waals surface area (Å²) >= 11 is 0. The second-order valence-corrected chi connectivity index (χ2v) is 5.51. The molecule has 0 spiro atoms. The van der Waals surface area contributed by atoms with Crippen LogP contribution in [0, 0.1) is 6.92 Å². The molecule has 0 radical (unpaired) electrons. The van der Waals surface area contributed by atoms with Gasteiger partial charge in [-0.25, -0.2) is 4.98 Å². The first-order chi connectivity index (χ1) is 9.56. The molecule has 0 fully saturated rings. The number of pyridine rings is 1. The Morgan fingerprint density at radius 3 is 2.75 bits per heavy atom. The molecule has 1 aromatic carbocycles. The van der Waals surface area contributed by atoms with Crippen LogP contribution < -0.4 is 10.6 Å². The zero-order valence-electron chi connectivity index (χ0n) is 12.5. The number of rotatable bonds is 5. The zero-order chi connectivity index (χ0) is 14.5. The van der Waals surface area contributed by atoms with E-state index in [9.17, 15) is 0 Å². The molecule has 3 heteroatoms. The second-order valence-electron chi connectivity index (χ2n) is 5.51. The first kappa shape index (κ1) is 14.5. The molecule has 0 saturated carbocycles. The molecule has 1 aromatic heterocycles. The quantitative estimate of drug-likeness (QED) is 0.907. The second kappa shape index (κ2) is 6.53. The smallest absolute Gasteiger partial charge is 0.131 e. The maximum absolute atomic E-state index is 5.92. The van der Waals surface area contributed by atoms with Crippen molar-refractivity contribution >= 4 is 5.82 Å². The number of hydrogen-bond donors (Lipinski definition) is 1. The summed E-state index contributed by atoms with van der Waals surface area (Å²) < 4.78 is 0. The molecule has 3 nitrogen and oxygen atoms in total. The average Bonchev–Trinajstić information content (AvgIpc) is 2.38. The van der Waals surface area contributed by atoms with E-state index < -0.39 is 0 Å². The molecule has 2 rings (SSSR count). The molecule has 0 saturated heterocycles. The summed E-state index contributed by atoms with van der Waals surface area (Å²) in [6.07, 6.45) is 2.69. The van der Waals surface area contributed by atoms with E-state index in [-0.39, 0.29) is 6.04 Å². The number of aromatic nitrogens is 1. The van der Waals surface area contributed by atoms with Crippen LogP contribution in [0.15, 0.2) is 42.6 Å². The lowest BCUT2D eigenvalue weighted by molar-refractivity contribution is 0.730. The summed E-state index contributed by atoms with van der Waals surface area (Å²) in [5.74, 6) is 1.02. The molecule has 2 aromatic rings. The van der Waals surface area contributed by atoms with Crippen molar-refractivity contribution in [3.8, 4) is 0 Å². The maximum Gasteiger partial charge on any atom is 0.131 e. The molecule has 1 heterocycles. The molecule has 20 heavy (non-hydrogen) atoms. The van der Waals surface area contributed by atoms with E-state index in [4.69, 9.17) is 5.73 Å². The average molecular weight is 269 g/mol. The van der Waals surface area contributed by atoms with Crippen LogP contribution in [0.25, 0.3) is 0 Å². The number of nitrogens with zero attached hydrogens (tertiary/aromatic N) is 2. The van der Waals surface area contributed by atoms with Crippen LogP contribution in [0.1, 0.15) is 23.6 Å². The Morgan fingerprint density at radius 1 is 1.25 bits per heavy atom. The van der Waals surface area contributed by atoms with E-state index in [0.29, 0.717) is 0 Å². The standard InChI is InChI=1S/C17H23N3/c1-13-6-4-7-15(10-13)12-20(3)17-16(11-14(2)18)8-5-9-19-17/h4-10,14H,11-12,18H2,1-3H3. The Hall–Kier alpha value is -1.87. The molecule has 1 unspecified atom stereocenters. The highest BCUT2D eigenvalue weighted by molar-refractivity contribution is 5.47. The van der Waals surface area contributed by atoms with Gasteiger partial charge in [-0.05, 0) is 37.5 Å². The minimum Gasteiger partial charge on any atom is -0.355 e. The Kier molecular flexibility index (Phi) is 4.74. The number of aryl methyl sites for hydroxylation is 1. The number of anilines is 1. The van der Waals surface area contributed by atoms with Gasteiger partial charge in [-0.1, -0.05) is 35.9 Å². The van der Waals surface area contributed by atoms with Gasteiger partial charge in [0.05, 0.1) is 0 Å². The molecule has 0 bridgehead atoms. The summed E-state index contributed by atoms with van der Waals surface area (Å²) in [5, 5.41) is 0. The first-order valence-corrected chi connectivity index (χ1v) is 7.02. The van der Waals surface area contributed by atoms with E-state index in [1.807, 2.05) is 19.2 Å². The lowest BCUT2D eigenvalue weighted by atomic mass is 10.1. The van der Waals surface area contributed by atoms with Gasteiger partial charge in [-0.15, -0.1) is 0 Å². The minimum absolute atomic E-state index is 0.144. The van der Waals surface area contributed by atoms with E-state index in [1.165, 1.54) is 16.7 Å². The van der Waals surface area contributed by atoms with Crippen molar-refractivity contribution in [2.45, 2.75) is 32.9 Å². The van der Waals surface area contributed by atoms with Crippen molar-refractivity contribution in [2.24, 2.45) is 5.73 Å². The summed E-state index contributed by atoms with van der Waals surface area (Å²) in [7, 11) is 2.08. The van der Waals surface area contributed by atoms with Crippen LogP contribution in [-0.4, -0.2) is 18.1 Å². The van der Waals surface area contributed by atoms with Gasteiger partial charge in [0.2, 0.25) is 0 Å². The van der Waals surface area contributed by atoms with Gasteiger partial charge in [0, 0.05) is 25.8 Å². The summed E-state index contributed by atoms with van der Waals surface area (Å²) in [6, 6.07) is 12.8. The van der Waals surface area contributed by atoms with Crippen LogP contribution in [0.4, 0.5) is 5.82 Å². The fraction of sp³-hybridized carbons (Fsp3) is 0.353. The van der Waals surface area contributed by atoms with E-state index in [2.05, 4.69) is 54.2 Å². The van der Waals surface area contributed by atoms with Gasteiger partial charge >= 0.3 is 0 Å². The Labute approximate surface area is 121 Å². The monoisotopic (exact) mass is 269 g/mol. The van der Waals surface area contributed by atoms with Crippen LogP contribution >= 0.6 is 0 Å². The van der Waals surface area contributed by atoms with Crippen LogP contribution in [0.2, 0.25) is 0 Å². The predicted octanol–water partition coefficient (Wildman–Crippen LogP) is 2.92. The molecule has 0 aliphatic carbocycles. The van der Waals surface area contributed by atoms with Gasteiger partial charge < -0.3 is 10.6 Å². The Morgan fingerprint density at radius 2 is 2.05 bits per heavy atom. The number of benzene rings is 1. The topological polar surface area (TPSA) is 42.2 Å². The van der Waals surface area contributed by atoms with Crippen molar-refractivity contribution in [1.29, 1.82) is 0 Å². The fourth-order valence-electron chi connectivity index (χ4n) is 2.44. The van der Waals surface area contributed by atoms with Gasteiger partial charge in [0.1, 0.15) is 5.82 Å². The molecular weight excluding hydrogens is 246 g/mol. The summed E-state index contributed by atoms with van der Waals surface area (Å²) in [6.45, 7) is 4.99. The van der Waals surface area contributed by atoms with E-state index >= 15 is 0 Å². The largest absolute Gasteiger partial charge is 0.355 e. The van der Waals surface area contributed by atoms with Crippen molar-refractivity contribution in [3.63, 3.8) is 0 Å². The minimum atomic E-state index is 0.144. The molecule has 0 aliphatic heterocycles. The molecule has 0 aliphatic rings. The third-order valence-corrected chi connectivity index (χ3v) is 3.27. The third-order valence-electron chi connectivity index (χ3n) is 3.27. The van der Waals surface area contributed by atoms with Crippen LogP contribution in [-0.2, 0) is 13.0 Å².